The van der Waals surface area contributed by atoms with Gasteiger partial charge in [0.25, 0.3) is 0 Å². The number of methoxy groups -OCH3 is 1. The molecule has 1 aliphatic heterocycles. The van der Waals surface area contributed by atoms with Gasteiger partial charge in [0.05, 0.1) is 20.3 Å². The van der Waals surface area contributed by atoms with E-state index in [0.29, 0.717) is 13.2 Å². The number of hydrogen-bond donors (Lipinski definition) is 0. The Morgan fingerprint density at radius 1 is 1.19 bits per heavy atom. The smallest absolute Gasteiger partial charge is 0.325 e. The maximum atomic E-state index is 12.0. The molecule has 1 fully saturated rings. The van der Waals surface area contributed by atoms with Crippen LogP contribution in [0.1, 0.15) is 5.56 Å². The van der Waals surface area contributed by atoms with E-state index in [9.17, 15) is 4.79 Å². The summed E-state index contributed by atoms with van der Waals surface area (Å²) in [5.41, 5.74) is 1.11. The van der Waals surface area contributed by atoms with Crippen LogP contribution in [0.4, 0.5) is 0 Å². The molecule has 0 saturated carbocycles. The van der Waals surface area contributed by atoms with Crippen molar-refractivity contribution in [2.45, 2.75) is 12.6 Å². The summed E-state index contributed by atoms with van der Waals surface area (Å²) in [4.78, 5) is 16.4. The van der Waals surface area contributed by atoms with Crippen molar-refractivity contribution < 1.29 is 14.3 Å². The Morgan fingerprint density at radius 3 is 2.48 bits per heavy atom. The standard InChI is InChI=1S/C16H24N2O3/c1-17-8-10-18(11-9-17)15(16(19)20-2)13-21-12-14-6-4-3-5-7-14/h3-7,15H,8-13H2,1-2H3. The highest BCUT2D eigenvalue weighted by molar-refractivity contribution is 5.75. The maximum Gasteiger partial charge on any atom is 0.325 e. The molecule has 1 atom stereocenters. The van der Waals surface area contributed by atoms with Crippen LogP contribution < -0.4 is 0 Å². The Kier molecular flexibility index (Phi) is 6.17. The van der Waals surface area contributed by atoms with Crippen molar-refractivity contribution in [3.8, 4) is 0 Å². The van der Waals surface area contributed by atoms with E-state index in [4.69, 9.17) is 9.47 Å². The summed E-state index contributed by atoms with van der Waals surface area (Å²) >= 11 is 0. The Balaban J connectivity index is 1.86. The van der Waals surface area contributed by atoms with Crippen LogP contribution in [0.2, 0.25) is 0 Å². The molecule has 5 nitrogen and oxygen atoms in total. The van der Waals surface area contributed by atoms with Gasteiger partial charge in [-0.2, -0.15) is 0 Å². The van der Waals surface area contributed by atoms with Gasteiger partial charge in [-0.15, -0.1) is 0 Å². The molecule has 1 heterocycles. The van der Waals surface area contributed by atoms with E-state index in [0.717, 1.165) is 31.7 Å². The van der Waals surface area contributed by atoms with Gasteiger partial charge in [0, 0.05) is 26.2 Å². The first-order valence-corrected chi connectivity index (χ1v) is 7.33. The fourth-order valence-corrected chi connectivity index (χ4v) is 2.45. The number of piperazine rings is 1. The molecule has 2 rings (SSSR count). The third kappa shape index (κ3) is 4.81. The first kappa shape index (κ1) is 15.9. The van der Waals surface area contributed by atoms with E-state index >= 15 is 0 Å². The van der Waals surface area contributed by atoms with Gasteiger partial charge in [-0.3, -0.25) is 9.69 Å². The quantitative estimate of drug-likeness (QED) is 0.732. The summed E-state index contributed by atoms with van der Waals surface area (Å²) in [5, 5.41) is 0. The number of carbonyl (C=O) groups is 1. The van der Waals surface area contributed by atoms with Gasteiger partial charge in [-0.1, -0.05) is 30.3 Å². The molecule has 116 valence electrons. The number of ether oxygens (including phenoxy) is 2. The van der Waals surface area contributed by atoms with E-state index < -0.39 is 0 Å². The molecular formula is C16H24N2O3. The molecule has 21 heavy (non-hydrogen) atoms. The van der Waals surface area contributed by atoms with Crippen LogP contribution in [-0.2, 0) is 20.9 Å². The van der Waals surface area contributed by atoms with Gasteiger partial charge in [0.2, 0.25) is 0 Å². The van der Waals surface area contributed by atoms with Crippen LogP contribution in [0.3, 0.4) is 0 Å². The minimum absolute atomic E-state index is 0.215. The third-order valence-corrected chi connectivity index (χ3v) is 3.84. The minimum atomic E-state index is -0.313. The number of hydrogen-bond acceptors (Lipinski definition) is 5. The zero-order chi connectivity index (χ0) is 15.1. The molecule has 1 unspecified atom stereocenters. The summed E-state index contributed by atoms with van der Waals surface area (Å²) in [6.45, 7) is 4.54. The Bertz CT molecular complexity index is 430. The molecule has 0 aliphatic carbocycles. The van der Waals surface area contributed by atoms with E-state index in [1.54, 1.807) is 0 Å². The summed E-state index contributed by atoms with van der Waals surface area (Å²) < 4.78 is 10.6. The summed E-state index contributed by atoms with van der Waals surface area (Å²) in [6.07, 6.45) is 0. The van der Waals surface area contributed by atoms with Gasteiger partial charge in [0.15, 0.2) is 0 Å². The average molecular weight is 292 g/mol. The number of nitrogens with zero attached hydrogens (tertiary/aromatic N) is 2. The number of likely N-dealkylation sites (N-methyl/N-ethyl adjacent to an activating group) is 1. The van der Waals surface area contributed by atoms with E-state index in [-0.39, 0.29) is 12.0 Å². The molecule has 1 aromatic rings. The van der Waals surface area contributed by atoms with Gasteiger partial charge in [-0.05, 0) is 12.6 Å². The Hall–Kier alpha value is -1.43. The predicted molar refractivity (Wildman–Crippen MR) is 81.0 cm³/mol. The van der Waals surface area contributed by atoms with Gasteiger partial charge in [0.1, 0.15) is 6.04 Å². The topological polar surface area (TPSA) is 42.0 Å². The van der Waals surface area contributed by atoms with Crippen molar-refractivity contribution in [2.75, 3.05) is 46.9 Å². The lowest BCUT2D eigenvalue weighted by Crippen LogP contribution is -2.53. The summed E-state index contributed by atoms with van der Waals surface area (Å²) in [7, 11) is 3.53. The second kappa shape index (κ2) is 8.12. The largest absolute Gasteiger partial charge is 0.468 e. The first-order valence-electron chi connectivity index (χ1n) is 7.33. The molecule has 0 amide bonds. The lowest BCUT2D eigenvalue weighted by atomic mass is 10.2. The molecule has 0 aromatic heterocycles. The van der Waals surface area contributed by atoms with Crippen LogP contribution in [0.15, 0.2) is 30.3 Å². The Morgan fingerprint density at radius 2 is 1.86 bits per heavy atom. The third-order valence-electron chi connectivity index (χ3n) is 3.84. The van der Waals surface area contributed by atoms with Crippen molar-refractivity contribution in [3.05, 3.63) is 35.9 Å². The summed E-state index contributed by atoms with van der Waals surface area (Å²) in [6, 6.07) is 9.66. The fourth-order valence-electron chi connectivity index (χ4n) is 2.45. The maximum absolute atomic E-state index is 12.0. The monoisotopic (exact) mass is 292 g/mol. The van der Waals surface area contributed by atoms with Gasteiger partial charge < -0.3 is 14.4 Å². The van der Waals surface area contributed by atoms with Gasteiger partial charge in [-0.25, -0.2) is 0 Å². The number of esters is 1. The molecule has 1 aromatic carbocycles. The normalized spacial score (nSPS) is 18.4. The van der Waals surface area contributed by atoms with Crippen molar-refractivity contribution >= 4 is 5.97 Å². The van der Waals surface area contributed by atoms with Crippen molar-refractivity contribution in [1.82, 2.24) is 9.80 Å². The molecule has 0 bridgehead atoms. The van der Waals surface area contributed by atoms with E-state index in [1.165, 1.54) is 7.11 Å². The number of benzene rings is 1. The highest BCUT2D eigenvalue weighted by Crippen LogP contribution is 2.09. The molecule has 0 spiro atoms. The van der Waals surface area contributed by atoms with Crippen molar-refractivity contribution in [1.29, 1.82) is 0 Å². The second-order valence-electron chi connectivity index (χ2n) is 5.38. The number of rotatable bonds is 6. The molecule has 1 saturated heterocycles. The minimum Gasteiger partial charge on any atom is -0.468 e. The highest BCUT2D eigenvalue weighted by Gasteiger charge is 2.29. The van der Waals surface area contributed by atoms with Gasteiger partial charge >= 0.3 is 5.97 Å². The summed E-state index contributed by atoms with van der Waals surface area (Å²) in [5.74, 6) is -0.215. The van der Waals surface area contributed by atoms with Crippen LogP contribution in [0.5, 0.6) is 0 Å². The van der Waals surface area contributed by atoms with Crippen LogP contribution in [0.25, 0.3) is 0 Å². The van der Waals surface area contributed by atoms with E-state index in [2.05, 4.69) is 16.8 Å². The lowest BCUT2D eigenvalue weighted by Gasteiger charge is -2.36. The lowest BCUT2D eigenvalue weighted by molar-refractivity contribution is -0.150. The Labute approximate surface area is 126 Å². The number of carbonyl (C=O) groups excluding carboxylic acids is 1. The van der Waals surface area contributed by atoms with E-state index in [1.807, 2.05) is 30.3 Å². The van der Waals surface area contributed by atoms with Crippen LogP contribution in [0, 0.1) is 0 Å². The molecule has 0 radical (unpaired) electrons. The fraction of sp³-hybridized carbons (Fsp3) is 0.562. The second-order valence-corrected chi connectivity index (χ2v) is 5.38. The molecular weight excluding hydrogens is 268 g/mol. The average Bonchev–Trinajstić information content (AvgIpc) is 2.53. The predicted octanol–water partition coefficient (Wildman–Crippen LogP) is 0.992. The molecule has 5 heteroatoms. The van der Waals surface area contributed by atoms with Crippen molar-refractivity contribution in [3.63, 3.8) is 0 Å². The van der Waals surface area contributed by atoms with Crippen LogP contribution in [-0.4, -0.2) is 68.8 Å². The molecule has 1 aliphatic rings. The molecule has 0 N–H and O–H groups in total. The zero-order valence-corrected chi connectivity index (χ0v) is 12.8. The first-order chi connectivity index (χ1) is 10.2. The zero-order valence-electron chi connectivity index (χ0n) is 12.8. The highest BCUT2D eigenvalue weighted by atomic mass is 16.5. The van der Waals surface area contributed by atoms with Crippen molar-refractivity contribution in [2.24, 2.45) is 0 Å². The van der Waals surface area contributed by atoms with Crippen LogP contribution >= 0.6 is 0 Å². The SMILES string of the molecule is COC(=O)C(COCc1ccccc1)N1CCN(C)CC1.